The van der Waals surface area contributed by atoms with Gasteiger partial charge in [-0.2, -0.15) is 10.4 Å². The van der Waals surface area contributed by atoms with Crippen LogP contribution in [0, 0.1) is 24.2 Å². The maximum atomic E-state index is 12.6. The van der Waals surface area contributed by atoms with Gasteiger partial charge in [0.05, 0.1) is 24.2 Å². The Kier molecular flexibility index (Phi) is 3.64. The molecule has 1 aliphatic carbocycles. The van der Waals surface area contributed by atoms with Crippen LogP contribution in [0.25, 0.3) is 4.96 Å². The van der Waals surface area contributed by atoms with Crippen LogP contribution in [0.3, 0.4) is 0 Å². The molecule has 122 valence electrons. The molecule has 2 unspecified atom stereocenters. The molecule has 0 bridgehead atoms. The Balaban J connectivity index is 1.78. The lowest BCUT2D eigenvalue weighted by Gasteiger charge is -2.04. The summed E-state index contributed by atoms with van der Waals surface area (Å²) in [5.41, 5.74) is 1.35. The standard InChI is InChI=1S/C15H11Cl2N5OS/c1-7-14(10-2-8(10)5-18)22-13(23)3-9(19-15(22)24-7)6-21-12(17)4-11(16)20-21/h3-4,8,10H,2,6H2,1H3. The van der Waals surface area contributed by atoms with Crippen LogP contribution in [0.15, 0.2) is 16.9 Å². The molecule has 0 spiro atoms. The van der Waals surface area contributed by atoms with Crippen LogP contribution in [0.2, 0.25) is 10.3 Å². The van der Waals surface area contributed by atoms with Crippen molar-refractivity contribution < 1.29 is 0 Å². The van der Waals surface area contributed by atoms with Crippen LogP contribution in [-0.2, 0) is 6.54 Å². The minimum Gasteiger partial charge on any atom is -0.269 e. The first-order valence-electron chi connectivity index (χ1n) is 7.28. The van der Waals surface area contributed by atoms with E-state index in [4.69, 9.17) is 28.5 Å². The zero-order chi connectivity index (χ0) is 17.0. The van der Waals surface area contributed by atoms with E-state index >= 15 is 0 Å². The second-order valence-electron chi connectivity index (χ2n) is 5.77. The van der Waals surface area contributed by atoms with Crippen LogP contribution < -0.4 is 5.56 Å². The fourth-order valence-corrected chi connectivity index (χ4v) is 4.44. The fourth-order valence-electron chi connectivity index (χ4n) is 2.92. The van der Waals surface area contributed by atoms with Gasteiger partial charge >= 0.3 is 0 Å². The Hall–Kier alpha value is -1.88. The molecule has 0 amide bonds. The zero-order valence-electron chi connectivity index (χ0n) is 12.5. The number of halogens is 2. The first-order valence-corrected chi connectivity index (χ1v) is 8.85. The molecule has 0 aliphatic heterocycles. The Morgan fingerprint density at radius 2 is 2.25 bits per heavy atom. The topological polar surface area (TPSA) is 76.0 Å². The number of hydrogen-bond acceptors (Lipinski definition) is 5. The first-order chi connectivity index (χ1) is 11.5. The van der Waals surface area contributed by atoms with Gasteiger partial charge in [0.25, 0.3) is 5.56 Å². The van der Waals surface area contributed by atoms with Crippen LogP contribution >= 0.6 is 34.5 Å². The molecule has 3 aromatic heterocycles. The second kappa shape index (κ2) is 5.59. The highest BCUT2D eigenvalue weighted by Crippen LogP contribution is 2.48. The van der Waals surface area contributed by atoms with Gasteiger partial charge in [-0.05, 0) is 13.3 Å². The van der Waals surface area contributed by atoms with E-state index in [0.29, 0.717) is 21.0 Å². The van der Waals surface area contributed by atoms with E-state index in [1.165, 1.54) is 28.2 Å². The van der Waals surface area contributed by atoms with Crippen LogP contribution in [0.5, 0.6) is 0 Å². The molecular formula is C15H11Cl2N5OS. The van der Waals surface area contributed by atoms with Crippen LogP contribution in [0.4, 0.5) is 0 Å². The maximum Gasteiger partial charge on any atom is 0.259 e. The van der Waals surface area contributed by atoms with Crippen molar-refractivity contribution in [3.8, 4) is 6.07 Å². The van der Waals surface area contributed by atoms with Gasteiger partial charge in [0.15, 0.2) is 10.1 Å². The summed E-state index contributed by atoms with van der Waals surface area (Å²) < 4.78 is 3.12. The Bertz CT molecular complexity index is 1060. The molecule has 4 rings (SSSR count). The normalized spacial score (nSPS) is 19.6. The predicted octanol–water partition coefficient (Wildman–Crippen LogP) is 3.24. The van der Waals surface area contributed by atoms with E-state index in [-0.39, 0.29) is 23.9 Å². The van der Waals surface area contributed by atoms with Crippen molar-refractivity contribution in [2.45, 2.75) is 25.8 Å². The molecule has 1 saturated carbocycles. The number of hydrogen-bond donors (Lipinski definition) is 0. The average Bonchev–Trinajstić information content (AvgIpc) is 3.11. The predicted molar refractivity (Wildman–Crippen MR) is 91.9 cm³/mol. The molecular weight excluding hydrogens is 369 g/mol. The molecule has 0 N–H and O–H groups in total. The Labute approximate surface area is 150 Å². The van der Waals surface area contributed by atoms with E-state index in [2.05, 4.69) is 16.2 Å². The van der Waals surface area contributed by atoms with Crippen molar-refractivity contribution in [2.75, 3.05) is 0 Å². The van der Waals surface area contributed by atoms with E-state index < -0.39 is 0 Å². The number of aryl methyl sites for hydroxylation is 1. The lowest BCUT2D eigenvalue weighted by Crippen LogP contribution is -2.18. The monoisotopic (exact) mass is 379 g/mol. The Morgan fingerprint density at radius 3 is 2.88 bits per heavy atom. The number of rotatable bonds is 3. The molecule has 24 heavy (non-hydrogen) atoms. The first kappa shape index (κ1) is 15.6. The SMILES string of the molecule is Cc1sc2nc(Cn3nc(Cl)cc3Cl)cc(=O)n2c1C1CC1C#N. The number of nitrogens with zero attached hydrogens (tertiary/aromatic N) is 5. The molecule has 1 fully saturated rings. The summed E-state index contributed by atoms with van der Waals surface area (Å²) >= 11 is 13.3. The van der Waals surface area contributed by atoms with Crippen molar-refractivity contribution in [3.05, 3.63) is 49.1 Å². The highest BCUT2D eigenvalue weighted by atomic mass is 35.5. The van der Waals surface area contributed by atoms with Crippen molar-refractivity contribution in [3.63, 3.8) is 0 Å². The summed E-state index contributed by atoms with van der Waals surface area (Å²) in [7, 11) is 0. The van der Waals surface area contributed by atoms with Crippen molar-refractivity contribution in [1.82, 2.24) is 19.2 Å². The minimum atomic E-state index is -0.146. The van der Waals surface area contributed by atoms with E-state index in [9.17, 15) is 4.79 Å². The fraction of sp³-hybridized carbons (Fsp3) is 0.333. The summed E-state index contributed by atoms with van der Waals surface area (Å²) in [5.74, 6) is 0.131. The molecule has 3 heterocycles. The summed E-state index contributed by atoms with van der Waals surface area (Å²) in [4.78, 5) is 18.8. The van der Waals surface area contributed by atoms with Crippen LogP contribution in [0.1, 0.15) is 28.6 Å². The van der Waals surface area contributed by atoms with Gasteiger partial charge in [-0.3, -0.25) is 9.20 Å². The second-order valence-corrected chi connectivity index (χ2v) is 7.73. The van der Waals surface area contributed by atoms with Gasteiger partial charge in [0.1, 0.15) is 5.15 Å². The third-order valence-corrected chi connectivity index (χ3v) is 5.57. The lowest BCUT2D eigenvalue weighted by molar-refractivity contribution is 0.672. The van der Waals surface area contributed by atoms with Gasteiger partial charge < -0.3 is 0 Å². The third kappa shape index (κ3) is 2.51. The maximum absolute atomic E-state index is 12.6. The van der Waals surface area contributed by atoms with Gasteiger partial charge in [-0.25, -0.2) is 9.67 Å². The quantitative estimate of drug-likeness (QED) is 0.699. The summed E-state index contributed by atoms with van der Waals surface area (Å²) in [6.07, 6.45) is 0.804. The highest BCUT2D eigenvalue weighted by molar-refractivity contribution is 7.17. The summed E-state index contributed by atoms with van der Waals surface area (Å²) in [6.45, 7) is 2.23. The molecule has 3 aromatic rings. The van der Waals surface area contributed by atoms with Crippen molar-refractivity contribution in [2.24, 2.45) is 5.92 Å². The summed E-state index contributed by atoms with van der Waals surface area (Å²) in [6, 6.07) is 5.29. The largest absolute Gasteiger partial charge is 0.269 e. The number of aromatic nitrogens is 4. The number of nitriles is 1. The Morgan fingerprint density at radius 1 is 1.46 bits per heavy atom. The zero-order valence-corrected chi connectivity index (χ0v) is 14.9. The number of thiazole rings is 1. The average molecular weight is 380 g/mol. The molecule has 0 aromatic carbocycles. The summed E-state index contributed by atoms with van der Waals surface area (Å²) in [5, 5.41) is 13.8. The smallest absolute Gasteiger partial charge is 0.259 e. The molecule has 2 atom stereocenters. The third-order valence-electron chi connectivity index (χ3n) is 4.11. The van der Waals surface area contributed by atoms with Gasteiger partial charge in [0.2, 0.25) is 0 Å². The van der Waals surface area contributed by atoms with E-state index in [1.807, 2.05) is 6.92 Å². The van der Waals surface area contributed by atoms with Gasteiger partial charge in [-0.15, -0.1) is 11.3 Å². The molecule has 9 heteroatoms. The van der Waals surface area contributed by atoms with Crippen LogP contribution in [-0.4, -0.2) is 19.2 Å². The molecule has 6 nitrogen and oxygen atoms in total. The molecule has 0 radical (unpaired) electrons. The van der Waals surface area contributed by atoms with Crippen molar-refractivity contribution in [1.29, 1.82) is 5.26 Å². The number of fused-ring (bicyclic) bond motifs is 1. The van der Waals surface area contributed by atoms with E-state index in [1.54, 1.807) is 4.40 Å². The van der Waals surface area contributed by atoms with E-state index in [0.717, 1.165) is 17.0 Å². The lowest BCUT2D eigenvalue weighted by atomic mass is 10.2. The van der Waals surface area contributed by atoms with Crippen molar-refractivity contribution >= 4 is 39.5 Å². The highest BCUT2D eigenvalue weighted by Gasteiger charge is 2.42. The molecule has 1 aliphatic rings. The molecule has 0 saturated heterocycles. The van der Waals surface area contributed by atoms with Gasteiger partial charge in [-0.1, -0.05) is 23.2 Å². The van der Waals surface area contributed by atoms with Gasteiger partial charge in [0, 0.05) is 28.6 Å². The minimum absolute atomic E-state index is 0.00176.